The molecule has 0 radical (unpaired) electrons. The van der Waals surface area contributed by atoms with Gasteiger partial charge in [-0.15, -0.1) is 0 Å². The van der Waals surface area contributed by atoms with E-state index in [-0.39, 0.29) is 18.9 Å². The molecule has 0 atom stereocenters. The Morgan fingerprint density at radius 1 is 0.929 bits per heavy atom. The molecule has 1 aromatic rings. The minimum atomic E-state index is -3.66. The van der Waals surface area contributed by atoms with Crippen molar-refractivity contribution in [1.29, 1.82) is 0 Å². The van der Waals surface area contributed by atoms with Crippen LogP contribution in [0.5, 0.6) is 0 Å². The summed E-state index contributed by atoms with van der Waals surface area (Å²) < 4.78 is 28.4. The van der Waals surface area contributed by atoms with Crippen LogP contribution in [0.25, 0.3) is 0 Å². The second-order valence-electron chi connectivity index (χ2n) is 8.13. The lowest BCUT2D eigenvalue weighted by Gasteiger charge is -2.22. The van der Waals surface area contributed by atoms with Crippen molar-refractivity contribution in [1.82, 2.24) is 14.5 Å². The van der Waals surface area contributed by atoms with E-state index in [1.807, 2.05) is 34.6 Å². The maximum absolute atomic E-state index is 12.9. The van der Waals surface area contributed by atoms with E-state index in [0.717, 1.165) is 34.4 Å². The lowest BCUT2D eigenvalue weighted by Crippen LogP contribution is -2.37. The molecule has 1 amide bonds. The van der Waals surface area contributed by atoms with Crippen LogP contribution in [0.4, 0.5) is 0 Å². The molecule has 1 saturated carbocycles. The van der Waals surface area contributed by atoms with Gasteiger partial charge in [0, 0.05) is 39.1 Å². The Bertz CT molecular complexity index is 816. The summed E-state index contributed by atoms with van der Waals surface area (Å²) in [4.78, 5) is 16.6. The van der Waals surface area contributed by atoms with Gasteiger partial charge in [-0.3, -0.25) is 4.79 Å². The van der Waals surface area contributed by atoms with Crippen LogP contribution in [0.1, 0.15) is 47.1 Å². The first-order chi connectivity index (χ1) is 13.0. The van der Waals surface area contributed by atoms with Crippen molar-refractivity contribution in [3.63, 3.8) is 0 Å². The molecular weight excluding hydrogens is 374 g/mol. The summed E-state index contributed by atoms with van der Waals surface area (Å²) in [6.45, 7) is 11.2. The molecule has 1 aliphatic carbocycles. The third-order valence-corrected chi connectivity index (χ3v) is 7.95. The topological polar surface area (TPSA) is 69.7 Å². The van der Waals surface area contributed by atoms with E-state index in [1.54, 1.807) is 11.9 Å². The lowest BCUT2D eigenvalue weighted by molar-refractivity contribution is -0.129. The zero-order valence-corrected chi connectivity index (χ0v) is 19.2. The quantitative estimate of drug-likeness (QED) is 0.680. The minimum absolute atomic E-state index is 0.0448. The fourth-order valence-corrected chi connectivity index (χ4v) is 5.18. The molecule has 0 aliphatic heterocycles. The van der Waals surface area contributed by atoms with Gasteiger partial charge in [0.2, 0.25) is 15.9 Å². The van der Waals surface area contributed by atoms with Crippen molar-refractivity contribution in [2.45, 2.75) is 64.8 Å². The number of hydrogen-bond acceptors (Lipinski definition) is 4. The van der Waals surface area contributed by atoms with Crippen molar-refractivity contribution < 1.29 is 13.2 Å². The van der Waals surface area contributed by atoms with E-state index in [9.17, 15) is 13.2 Å². The number of likely N-dealkylation sites (N-methyl/N-ethyl adjacent to an activating group) is 2. The first kappa shape index (κ1) is 22.8. The number of nitrogens with zero attached hydrogens (tertiary/aromatic N) is 2. The molecule has 0 aromatic heterocycles. The fraction of sp³-hybridized carbons (Fsp3) is 0.667. The Hall–Kier alpha value is -1.44. The summed E-state index contributed by atoms with van der Waals surface area (Å²) in [5.74, 6) is -0.0448. The predicted molar refractivity (Wildman–Crippen MR) is 113 cm³/mol. The highest BCUT2D eigenvalue weighted by Gasteiger charge is 2.26. The summed E-state index contributed by atoms with van der Waals surface area (Å²) in [6.07, 6.45) is 2.64. The summed E-state index contributed by atoms with van der Waals surface area (Å²) in [6, 6.07) is 0.670. The monoisotopic (exact) mass is 409 g/mol. The minimum Gasteiger partial charge on any atom is -0.344 e. The Labute approximate surface area is 170 Å². The SMILES string of the molecule is Cc1c(C)c(C)c(S(=O)(=O)NCCC(=O)N(C)CCN(C)C2CC2)c(C)c1C. The fourth-order valence-electron chi connectivity index (χ4n) is 3.55. The third kappa shape index (κ3) is 5.13. The van der Waals surface area contributed by atoms with Gasteiger partial charge in [0.1, 0.15) is 0 Å². The first-order valence-corrected chi connectivity index (χ1v) is 11.5. The van der Waals surface area contributed by atoms with Gasteiger partial charge in [-0.2, -0.15) is 0 Å². The summed E-state index contributed by atoms with van der Waals surface area (Å²) in [5, 5.41) is 0. The predicted octanol–water partition coefficient (Wildman–Crippen LogP) is 2.45. The van der Waals surface area contributed by atoms with E-state index in [2.05, 4.69) is 16.7 Å². The average Bonchev–Trinajstić information content (AvgIpc) is 3.47. The molecule has 28 heavy (non-hydrogen) atoms. The van der Waals surface area contributed by atoms with Crippen molar-refractivity contribution in [2.75, 3.05) is 33.7 Å². The molecule has 2 rings (SSSR count). The van der Waals surface area contributed by atoms with Crippen LogP contribution in [0.2, 0.25) is 0 Å². The zero-order chi connectivity index (χ0) is 21.2. The molecule has 1 aliphatic rings. The van der Waals surface area contributed by atoms with Gasteiger partial charge in [-0.1, -0.05) is 0 Å². The number of carbonyl (C=O) groups excluding carboxylic acids is 1. The Morgan fingerprint density at radius 2 is 1.43 bits per heavy atom. The van der Waals surface area contributed by atoms with Crippen LogP contribution >= 0.6 is 0 Å². The average molecular weight is 410 g/mol. The van der Waals surface area contributed by atoms with Gasteiger partial charge < -0.3 is 9.80 Å². The van der Waals surface area contributed by atoms with Gasteiger partial charge >= 0.3 is 0 Å². The molecule has 0 bridgehead atoms. The summed E-state index contributed by atoms with van der Waals surface area (Å²) in [5.41, 5.74) is 4.68. The van der Waals surface area contributed by atoms with Crippen LogP contribution in [-0.2, 0) is 14.8 Å². The van der Waals surface area contributed by atoms with Gasteiger partial charge in [-0.25, -0.2) is 13.1 Å². The van der Waals surface area contributed by atoms with Gasteiger partial charge in [-0.05, 0) is 82.3 Å². The highest BCUT2D eigenvalue weighted by atomic mass is 32.2. The second-order valence-corrected chi connectivity index (χ2v) is 9.83. The molecule has 0 unspecified atom stereocenters. The molecule has 6 nitrogen and oxygen atoms in total. The Balaban J connectivity index is 1.95. The molecule has 0 saturated heterocycles. The molecule has 1 aromatic carbocycles. The van der Waals surface area contributed by atoms with E-state index in [4.69, 9.17) is 0 Å². The van der Waals surface area contributed by atoms with Crippen LogP contribution in [0.3, 0.4) is 0 Å². The number of sulfonamides is 1. The number of hydrogen-bond donors (Lipinski definition) is 1. The van der Waals surface area contributed by atoms with E-state index in [0.29, 0.717) is 17.5 Å². The molecule has 0 spiro atoms. The lowest BCUT2D eigenvalue weighted by atomic mass is 9.95. The van der Waals surface area contributed by atoms with Crippen LogP contribution in [0.15, 0.2) is 4.90 Å². The summed E-state index contributed by atoms with van der Waals surface area (Å²) >= 11 is 0. The number of nitrogens with one attached hydrogen (secondary N) is 1. The van der Waals surface area contributed by atoms with Crippen molar-refractivity contribution in [2.24, 2.45) is 0 Å². The van der Waals surface area contributed by atoms with Crippen molar-refractivity contribution >= 4 is 15.9 Å². The first-order valence-electron chi connectivity index (χ1n) is 9.98. The maximum Gasteiger partial charge on any atom is 0.241 e. The second kappa shape index (κ2) is 8.93. The highest BCUT2D eigenvalue weighted by Crippen LogP contribution is 2.29. The highest BCUT2D eigenvalue weighted by molar-refractivity contribution is 7.89. The van der Waals surface area contributed by atoms with E-state index >= 15 is 0 Å². The van der Waals surface area contributed by atoms with Crippen molar-refractivity contribution in [3.05, 3.63) is 27.8 Å². The van der Waals surface area contributed by atoms with Crippen LogP contribution in [-0.4, -0.2) is 63.9 Å². The van der Waals surface area contributed by atoms with E-state index in [1.165, 1.54) is 12.8 Å². The Kier molecular flexibility index (Phi) is 7.28. The van der Waals surface area contributed by atoms with Crippen molar-refractivity contribution in [3.8, 4) is 0 Å². The summed E-state index contributed by atoms with van der Waals surface area (Å²) in [7, 11) is 0.198. The Morgan fingerprint density at radius 3 is 1.93 bits per heavy atom. The number of rotatable bonds is 9. The molecule has 158 valence electrons. The van der Waals surface area contributed by atoms with Crippen LogP contribution < -0.4 is 4.72 Å². The maximum atomic E-state index is 12.9. The number of amides is 1. The number of benzene rings is 1. The molecule has 1 N–H and O–H groups in total. The smallest absolute Gasteiger partial charge is 0.241 e. The zero-order valence-electron chi connectivity index (χ0n) is 18.3. The molecule has 7 heteroatoms. The largest absolute Gasteiger partial charge is 0.344 e. The molecule has 0 heterocycles. The molecular formula is C21H35N3O3S. The van der Waals surface area contributed by atoms with Crippen LogP contribution in [0, 0.1) is 34.6 Å². The normalized spacial score (nSPS) is 14.6. The standard InChI is InChI=1S/C21H35N3O3S/c1-14-15(2)17(4)21(18(5)16(14)3)28(26,27)22-11-10-20(25)24(7)13-12-23(6)19-8-9-19/h19,22H,8-13H2,1-7H3. The molecule has 1 fully saturated rings. The van der Waals surface area contributed by atoms with Gasteiger partial charge in [0.25, 0.3) is 0 Å². The number of carbonyl (C=O) groups is 1. The third-order valence-electron chi connectivity index (χ3n) is 6.21. The van der Waals surface area contributed by atoms with E-state index < -0.39 is 10.0 Å². The van der Waals surface area contributed by atoms with Gasteiger partial charge in [0.05, 0.1) is 4.90 Å². The van der Waals surface area contributed by atoms with Gasteiger partial charge in [0.15, 0.2) is 0 Å².